The summed E-state index contributed by atoms with van der Waals surface area (Å²) < 4.78 is 0. The van der Waals surface area contributed by atoms with Gasteiger partial charge in [-0.1, -0.05) is 13.0 Å². The maximum atomic E-state index is 9.16. The molecule has 1 aromatic rings. The molecule has 0 aromatic heterocycles. The molecule has 0 bridgehead atoms. The molecule has 1 N–H and O–H groups in total. The van der Waals surface area contributed by atoms with Crippen molar-refractivity contribution in [3.8, 4) is 0 Å². The van der Waals surface area contributed by atoms with Gasteiger partial charge in [0, 0.05) is 18.3 Å². The Morgan fingerprint density at radius 1 is 1.38 bits per heavy atom. The fourth-order valence-electron chi connectivity index (χ4n) is 2.19. The third kappa shape index (κ3) is 2.38. The largest absolute Gasteiger partial charge is 0.392 e. The van der Waals surface area contributed by atoms with E-state index >= 15 is 0 Å². The van der Waals surface area contributed by atoms with Gasteiger partial charge in [0.25, 0.3) is 0 Å². The molecule has 2 heteroatoms. The minimum Gasteiger partial charge on any atom is -0.392 e. The van der Waals surface area contributed by atoms with Gasteiger partial charge in [0.05, 0.1) is 6.61 Å². The highest BCUT2D eigenvalue weighted by atomic mass is 16.3. The average molecular weight is 219 g/mol. The van der Waals surface area contributed by atoms with Gasteiger partial charge in [0.2, 0.25) is 0 Å². The fourth-order valence-corrected chi connectivity index (χ4v) is 2.19. The first-order valence-electron chi connectivity index (χ1n) is 6.23. The Kier molecular flexibility index (Phi) is 3.49. The van der Waals surface area contributed by atoms with Gasteiger partial charge in [0.15, 0.2) is 0 Å². The van der Waals surface area contributed by atoms with Gasteiger partial charge >= 0.3 is 0 Å². The number of nitrogens with zero attached hydrogens (tertiary/aromatic N) is 1. The van der Waals surface area contributed by atoms with Gasteiger partial charge in [-0.3, -0.25) is 0 Å². The number of aryl methyl sites for hydroxylation is 1. The van der Waals surface area contributed by atoms with Crippen LogP contribution in [-0.4, -0.2) is 17.7 Å². The molecule has 0 spiro atoms. The smallest absolute Gasteiger partial charge is 0.0684 e. The minimum atomic E-state index is 0.142. The molecule has 1 aromatic carbocycles. The highest BCUT2D eigenvalue weighted by molar-refractivity contribution is 5.52. The van der Waals surface area contributed by atoms with Gasteiger partial charge in [-0.05, 0) is 49.4 Å². The summed E-state index contributed by atoms with van der Waals surface area (Å²) in [6, 6.07) is 7.17. The van der Waals surface area contributed by atoms with Crippen LogP contribution < -0.4 is 4.90 Å². The van der Waals surface area contributed by atoms with Gasteiger partial charge in [-0.15, -0.1) is 0 Å². The van der Waals surface area contributed by atoms with E-state index < -0.39 is 0 Å². The van der Waals surface area contributed by atoms with Crippen molar-refractivity contribution in [2.75, 3.05) is 11.4 Å². The Balaban J connectivity index is 2.20. The molecule has 2 rings (SSSR count). The molecule has 0 unspecified atom stereocenters. The first-order valence-corrected chi connectivity index (χ1v) is 6.23. The van der Waals surface area contributed by atoms with E-state index in [2.05, 4.69) is 36.9 Å². The Morgan fingerprint density at radius 3 is 2.62 bits per heavy atom. The molecule has 88 valence electrons. The zero-order valence-corrected chi connectivity index (χ0v) is 10.2. The quantitative estimate of drug-likeness (QED) is 0.823. The van der Waals surface area contributed by atoms with E-state index in [4.69, 9.17) is 5.11 Å². The van der Waals surface area contributed by atoms with Crippen molar-refractivity contribution in [1.82, 2.24) is 0 Å². The molecule has 0 aliphatic heterocycles. The number of aliphatic hydroxyl groups excluding tert-OH is 1. The summed E-state index contributed by atoms with van der Waals surface area (Å²) in [6.07, 6.45) is 3.86. The second kappa shape index (κ2) is 4.88. The highest BCUT2D eigenvalue weighted by Crippen LogP contribution is 2.32. The van der Waals surface area contributed by atoms with Crippen LogP contribution in [0.1, 0.15) is 37.3 Å². The molecule has 1 saturated carbocycles. The lowest BCUT2D eigenvalue weighted by molar-refractivity contribution is 0.281. The normalized spacial score (nSPS) is 15.2. The number of anilines is 1. The van der Waals surface area contributed by atoms with Crippen LogP contribution in [0.3, 0.4) is 0 Å². The summed E-state index contributed by atoms with van der Waals surface area (Å²) in [6.45, 7) is 5.59. The summed E-state index contributed by atoms with van der Waals surface area (Å²) >= 11 is 0. The van der Waals surface area contributed by atoms with Crippen LogP contribution in [0.25, 0.3) is 0 Å². The molecule has 0 atom stereocenters. The number of hydrogen-bond donors (Lipinski definition) is 1. The molecule has 16 heavy (non-hydrogen) atoms. The van der Waals surface area contributed by atoms with E-state index in [0.717, 1.165) is 18.2 Å². The Hall–Kier alpha value is -1.02. The molecule has 2 nitrogen and oxygen atoms in total. The van der Waals surface area contributed by atoms with E-state index in [1.54, 1.807) is 0 Å². The zero-order valence-electron chi connectivity index (χ0n) is 10.2. The molecular formula is C14H21NO. The van der Waals surface area contributed by atoms with Crippen molar-refractivity contribution in [3.63, 3.8) is 0 Å². The average Bonchev–Trinajstić information content (AvgIpc) is 3.09. The van der Waals surface area contributed by atoms with E-state index in [1.165, 1.54) is 30.5 Å². The minimum absolute atomic E-state index is 0.142. The van der Waals surface area contributed by atoms with Gasteiger partial charge in [-0.25, -0.2) is 0 Å². The maximum absolute atomic E-state index is 9.16. The van der Waals surface area contributed by atoms with Crippen molar-refractivity contribution in [2.24, 2.45) is 0 Å². The van der Waals surface area contributed by atoms with Crippen LogP contribution in [0.2, 0.25) is 0 Å². The summed E-state index contributed by atoms with van der Waals surface area (Å²) in [7, 11) is 0. The lowest BCUT2D eigenvalue weighted by Gasteiger charge is -2.25. The predicted octanol–water partition coefficient (Wildman–Crippen LogP) is 2.87. The van der Waals surface area contributed by atoms with E-state index in [9.17, 15) is 0 Å². The SMILES string of the molecule is CCCN(c1ccc(CO)c(C)c1)C1CC1. The maximum Gasteiger partial charge on any atom is 0.0684 e. The molecule has 0 amide bonds. The van der Waals surface area contributed by atoms with Crippen molar-refractivity contribution in [3.05, 3.63) is 29.3 Å². The summed E-state index contributed by atoms with van der Waals surface area (Å²) in [5.74, 6) is 0. The van der Waals surface area contributed by atoms with Crippen LogP contribution in [0, 0.1) is 6.92 Å². The highest BCUT2D eigenvalue weighted by Gasteiger charge is 2.28. The summed E-state index contributed by atoms with van der Waals surface area (Å²) in [5.41, 5.74) is 3.55. The lowest BCUT2D eigenvalue weighted by Crippen LogP contribution is -2.26. The van der Waals surface area contributed by atoms with Crippen molar-refractivity contribution < 1.29 is 5.11 Å². The fraction of sp³-hybridized carbons (Fsp3) is 0.571. The van der Waals surface area contributed by atoms with Gasteiger partial charge in [-0.2, -0.15) is 0 Å². The number of aliphatic hydroxyl groups is 1. The predicted molar refractivity (Wildman–Crippen MR) is 67.8 cm³/mol. The van der Waals surface area contributed by atoms with Gasteiger partial charge in [0.1, 0.15) is 0 Å². The monoisotopic (exact) mass is 219 g/mol. The van der Waals surface area contributed by atoms with Crippen molar-refractivity contribution in [2.45, 2.75) is 45.8 Å². The van der Waals surface area contributed by atoms with Crippen molar-refractivity contribution in [1.29, 1.82) is 0 Å². The standard InChI is InChI=1S/C14H21NO/c1-3-8-15(13-6-7-13)14-5-4-12(10-16)11(2)9-14/h4-5,9,13,16H,3,6-8,10H2,1-2H3. The summed E-state index contributed by atoms with van der Waals surface area (Å²) in [5, 5.41) is 9.16. The molecule has 0 saturated heterocycles. The second-order valence-electron chi connectivity index (χ2n) is 4.69. The summed E-state index contributed by atoms with van der Waals surface area (Å²) in [4.78, 5) is 2.51. The van der Waals surface area contributed by atoms with Crippen molar-refractivity contribution >= 4 is 5.69 Å². The number of benzene rings is 1. The molecule has 0 heterocycles. The molecule has 1 fully saturated rings. The number of rotatable bonds is 5. The topological polar surface area (TPSA) is 23.5 Å². The third-order valence-electron chi connectivity index (χ3n) is 3.28. The molecule has 0 radical (unpaired) electrons. The lowest BCUT2D eigenvalue weighted by atomic mass is 10.1. The molecular weight excluding hydrogens is 198 g/mol. The third-order valence-corrected chi connectivity index (χ3v) is 3.28. The second-order valence-corrected chi connectivity index (χ2v) is 4.69. The van der Waals surface area contributed by atoms with Crippen LogP contribution in [0.15, 0.2) is 18.2 Å². The van der Waals surface area contributed by atoms with Crippen LogP contribution >= 0.6 is 0 Å². The Morgan fingerprint density at radius 2 is 2.12 bits per heavy atom. The van der Waals surface area contributed by atoms with Crippen LogP contribution in [0.5, 0.6) is 0 Å². The van der Waals surface area contributed by atoms with Crippen LogP contribution in [-0.2, 0) is 6.61 Å². The number of hydrogen-bond acceptors (Lipinski definition) is 2. The molecule has 1 aliphatic rings. The van der Waals surface area contributed by atoms with Crippen LogP contribution in [0.4, 0.5) is 5.69 Å². The van der Waals surface area contributed by atoms with E-state index in [-0.39, 0.29) is 6.61 Å². The van der Waals surface area contributed by atoms with E-state index in [0.29, 0.717) is 0 Å². The zero-order chi connectivity index (χ0) is 11.5. The molecule has 1 aliphatic carbocycles. The Labute approximate surface area is 97.9 Å². The Bertz CT molecular complexity index is 358. The van der Waals surface area contributed by atoms with Gasteiger partial charge < -0.3 is 10.0 Å². The first-order chi connectivity index (χ1) is 7.76. The first kappa shape index (κ1) is 11.5. The van der Waals surface area contributed by atoms with E-state index in [1.807, 2.05) is 0 Å².